The molecule has 1 aliphatic heterocycles. The number of ether oxygens (including phenoxy) is 1. The first-order chi connectivity index (χ1) is 14.5. The molecular formula is C23H28N4O2S. The predicted molar refractivity (Wildman–Crippen MR) is 119 cm³/mol. The fraction of sp³-hybridized carbons (Fsp3) is 0.435. The van der Waals surface area contributed by atoms with Crippen LogP contribution in [0.1, 0.15) is 30.1 Å². The van der Waals surface area contributed by atoms with E-state index in [1.165, 1.54) is 0 Å². The largest absolute Gasteiger partial charge is 0.487 e. The van der Waals surface area contributed by atoms with Crippen molar-refractivity contribution in [3.05, 3.63) is 52.0 Å². The topological polar surface area (TPSA) is 69.5 Å². The number of hydrogen-bond donors (Lipinski definition) is 0. The van der Waals surface area contributed by atoms with Gasteiger partial charge in [0.25, 0.3) is 0 Å². The molecule has 1 aromatic heterocycles. The van der Waals surface area contributed by atoms with E-state index < -0.39 is 0 Å². The third kappa shape index (κ3) is 5.91. The molecule has 6 nitrogen and oxygen atoms in total. The summed E-state index contributed by atoms with van der Waals surface area (Å²) in [6, 6.07) is 9.97. The van der Waals surface area contributed by atoms with E-state index in [2.05, 4.69) is 29.8 Å². The van der Waals surface area contributed by atoms with Crippen LogP contribution in [0, 0.1) is 24.2 Å². The summed E-state index contributed by atoms with van der Waals surface area (Å²) in [5.41, 5.74) is 1.84. The highest BCUT2D eigenvalue weighted by molar-refractivity contribution is 7.09. The summed E-state index contributed by atoms with van der Waals surface area (Å²) < 4.78 is 5.82. The number of carbonyl (C=O) groups is 1. The molecular weight excluding hydrogens is 396 g/mol. The molecule has 2 heterocycles. The maximum absolute atomic E-state index is 12.6. The van der Waals surface area contributed by atoms with E-state index in [1.54, 1.807) is 17.4 Å². The fourth-order valence-corrected chi connectivity index (χ4v) is 4.08. The molecule has 3 rings (SSSR count). The first kappa shape index (κ1) is 22.0. The van der Waals surface area contributed by atoms with Crippen molar-refractivity contribution in [2.24, 2.45) is 5.92 Å². The van der Waals surface area contributed by atoms with Crippen LogP contribution in [0.2, 0.25) is 0 Å². The van der Waals surface area contributed by atoms with Crippen molar-refractivity contribution in [2.45, 2.75) is 33.4 Å². The van der Waals surface area contributed by atoms with Gasteiger partial charge in [0, 0.05) is 37.6 Å². The number of aromatic nitrogens is 1. The Morgan fingerprint density at radius 1 is 1.33 bits per heavy atom. The Labute approximate surface area is 182 Å². The number of nitrogens with zero attached hydrogens (tertiary/aromatic N) is 4. The SMILES string of the molecule is Cc1nc(COc2cccc(/C=C/C(=O)N3CCN(C(C#N)C(C)C)CC3)c2)cs1. The average molecular weight is 425 g/mol. The summed E-state index contributed by atoms with van der Waals surface area (Å²) in [6.07, 6.45) is 3.43. The van der Waals surface area contributed by atoms with Gasteiger partial charge in [0.05, 0.1) is 16.8 Å². The van der Waals surface area contributed by atoms with Gasteiger partial charge in [-0.05, 0) is 36.6 Å². The van der Waals surface area contributed by atoms with Crippen molar-refractivity contribution in [1.82, 2.24) is 14.8 Å². The number of benzene rings is 1. The molecule has 0 bridgehead atoms. The molecule has 0 spiro atoms. The van der Waals surface area contributed by atoms with Gasteiger partial charge < -0.3 is 9.64 Å². The van der Waals surface area contributed by atoms with Gasteiger partial charge in [-0.25, -0.2) is 4.98 Å². The van der Waals surface area contributed by atoms with Crippen LogP contribution in [0.3, 0.4) is 0 Å². The molecule has 0 saturated carbocycles. The van der Waals surface area contributed by atoms with Crippen molar-refractivity contribution in [2.75, 3.05) is 26.2 Å². The molecule has 2 aromatic rings. The van der Waals surface area contributed by atoms with Gasteiger partial charge in [-0.3, -0.25) is 9.69 Å². The Hall–Kier alpha value is -2.69. The van der Waals surface area contributed by atoms with Gasteiger partial charge in [-0.1, -0.05) is 26.0 Å². The number of rotatable bonds is 7. The second-order valence-corrected chi connectivity index (χ2v) is 8.79. The molecule has 7 heteroatoms. The first-order valence-electron chi connectivity index (χ1n) is 10.2. The summed E-state index contributed by atoms with van der Waals surface area (Å²) in [5, 5.41) is 12.4. The zero-order chi connectivity index (χ0) is 21.5. The molecule has 1 amide bonds. The minimum Gasteiger partial charge on any atom is -0.487 e. The molecule has 158 valence electrons. The van der Waals surface area contributed by atoms with Crippen LogP contribution >= 0.6 is 11.3 Å². The highest BCUT2D eigenvalue weighted by Gasteiger charge is 2.26. The number of thiazole rings is 1. The highest BCUT2D eigenvalue weighted by atomic mass is 32.1. The lowest BCUT2D eigenvalue weighted by atomic mass is 10.0. The van der Waals surface area contributed by atoms with Gasteiger partial charge in [0.1, 0.15) is 18.4 Å². The van der Waals surface area contributed by atoms with Crippen LogP contribution in [0.5, 0.6) is 5.75 Å². The van der Waals surface area contributed by atoms with Gasteiger partial charge in [-0.15, -0.1) is 11.3 Å². The lowest BCUT2D eigenvalue weighted by molar-refractivity contribution is -0.127. The fourth-order valence-electron chi connectivity index (χ4n) is 3.49. The quantitative estimate of drug-likeness (QED) is 0.634. The molecule has 1 atom stereocenters. The van der Waals surface area contributed by atoms with E-state index in [0.717, 1.165) is 35.1 Å². The van der Waals surface area contributed by atoms with E-state index >= 15 is 0 Å². The lowest BCUT2D eigenvalue weighted by Crippen LogP contribution is -2.52. The maximum Gasteiger partial charge on any atom is 0.246 e. The summed E-state index contributed by atoms with van der Waals surface area (Å²) >= 11 is 1.61. The molecule has 0 aliphatic carbocycles. The summed E-state index contributed by atoms with van der Waals surface area (Å²) in [4.78, 5) is 21.0. The zero-order valence-corrected chi connectivity index (χ0v) is 18.6. The highest BCUT2D eigenvalue weighted by Crippen LogP contribution is 2.18. The average Bonchev–Trinajstić information content (AvgIpc) is 3.17. The third-order valence-electron chi connectivity index (χ3n) is 5.11. The maximum atomic E-state index is 12.6. The number of amides is 1. The van der Waals surface area contributed by atoms with Crippen LogP contribution in [0.4, 0.5) is 0 Å². The zero-order valence-electron chi connectivity index (χ0n) is 17.7. The van der Waals surface area contributed by atoms with Crippen molar-refractivity contribution < 1.29 is 9.53 Å². The van der Waals surface area contributed by atoms with E-state index in [0.29, 0.717) is 19.7 Å². The lowest BCUT2D eigenvalue weighted by Gasteiger charge is -2.37. The Balaban J connectivity index is 1.52. The standard InChI is InChI=1S/C23H28N4O2S/c1-17(2)22(14-24)26-9-11-27(12-10-26)23(28)8-7-19-5-4-6-21(13-19)29-15-20-16-30-18(3)25-20/h4-8,13,16-17,22H,9-12,15H2,1-3H3/b8-7+. The minimum atomic E-state index is -0.0891. The van der Waals surface area contributed by atoms with Crippen LogP contribution in [0.25, 0.3) is 6.08 Å². The molecule has 1 fully saturated rings. The molecule has 1 aromatic carbocycles. The Morgan fingerprint density at radius 3 is 2.73 bits per heavy atom. The van der Waals surface area contributed by atoms with E-state index in [-0.39, 0.29) is 17.9 Å². The number of nitriles is 1. The minimum absolute atomic E-state index is 0.00280. The first-order valence-corrected chi connectivity index (χ1v) is 11.1. The Morgan fingerprint density at radius 2 is 2.10 bits per heavy atom. The van der Waals surface area contributed by atoms with Gasteiger partial charge in [-0.2, -0.15) is 5.26 Å². The van der Waals surface area contributed by atoms with Crippen LogP contribution in [0.15, 0.2) is 35.7 Å². The van der Waals surface area contributed by atoms with Crippen LogP contribution in [-0.4, -0.2) is 52.9 Å². The van der Waals surface area contributed by atoms with E-state index in [9.17, 15) is 10.1 Å². The second-order valence-electron chi connectivity index (χ2n) is 7.73. The van der Waals surface area contributed by atoms with Crippen molar-refractivity contribution in [3.8, 4) is 11.8 Å². The summed E-state index contributed by atoms with van der Waals surface area (Å²) in [6.45, 7) is 9.27. The van der Waals surface area contributed by atoms with Crippen molar-refractivity contribution in [3.63, 3.8) is 0 Å². The smallest absolute Gasteiger partial charge is 0.246 e. The number of aryl methyl sites for hydroxylation is 1. The molecule has 1 aliphatic rings. The second kappa shape index (κ2) is 10.4. The normalized spacial score (nSPS) is 16.0. The van der Waals surface area contributed by atoms with Crippen LogP contribution in [-0.2, 0) is 11.4 Å². The van der Waals surface area contributed by atoms with Gasteiger partial charge >= 0.3 is 0 Å². The Bertz CT molecular complexity index is 923. The number of carbonyl (C=O) groups excluding carboxylic acids is 1. The van der Waals surface area contributed by atoms with Gasteiger partial charge in [0.2, 0.25) is 5.91 Å². The predicted octanol–water partition coefficient (Wildman–Crippen LogP) is 3.74. The van der Waals surface area contributed by atoms with Gasteiger partial charge in [0.15, 0.2) is 0 Å². The molecule has 1 saturated heterocycles. The van der Waals surface area contributed by atoms with E-state index in [4.69, 9.17) is 4.74 Å². The number of hydrogen-bond acceptors (Lipinski definition) is 6. The third-order valence-corrected chi connectivity index (χ3v) is 5.94. The van der Waals surface area contributed by atoms with E-state index in [1.807, 2.05) is 47.5 Å². The molecule has 0 N–H and O–H groups in total. The monoisotopic (exact) mass is 424 g/mol. The summed E-state index contributed by atoms with van der Waals surface area (Å²) in [7, 11) is 0. The molecule has 0 radical (unpaired) electrons. The Kier molecular flexibility index (Phi) is 7.61. The van der Waals surface area contributed by atoms with Crippen molar-refractivity contribution in [1.29, 1.82) is 5.26 Å². The molecule has 1 unspecified atom stereocenters. The summed E-state index contributed by atoms with van der Waals surface area (Å²) in [5.74, 6) is 1.03. The van der Waals surface area contributed by atoms with Crippen LogP contribution < -0.4 is 4.74 Å². The van der Waals surface area contributed by atoms with Crippen molar-refractivity contribution >= 4 is 23.3 Å². The molecule has 30 heavy (non-hydrogen) atoms. The number of piperazine rings is 1.